The second-order valence-corrected chi connectivity index (χ2v) is 7.83. The number of hydrogen-bond donors (Lipinski definition) is 3. The Morgan fingerprint density at radius 1 is 0.781 bits per heavy atom. The van der Waals surface area contributed by atoms with Gasteiger partial charge in [-0.05, 0) is 23.3 Å². The third-order valence-corrected chi connectivity index (χ3v) is 5.92. The molecule has 0 unspecified atom stereocenters. The largest absolute Gasteiger partial charge is 0.507 e. The standard InChI is InChI=1S/C25H18N2O4S/c28-19-14-8-7-13-18(19)15-26-27-24(29)22-20(16-9-3-1-4-10-16)21(23(32-22)25(30)31)17-11-5-2-6-12-17/h1-15,28H,(H,27,29)(H,30,31)/b26-15-. The predicted molar refractivity (Wildman–Crippen MR) is 125 cm³/mol. The summed E-state index contributed by atoms with van der Waals surface area (Å²) >= 11 is 0.907. The van der Waals surface area contributed by atoms with Crippen molar-refractivity contribution in [2.75, 3.05) is 0 Å². The minimum absolute atomic E-state index is 0.0334. The summed E-state index contributed by atoms with van der Waals surface area (Å²) in [5, 5.41) is 23.7. The molecule has 0 fully saturated rings. The van der Waals surface area contributed by atoms with Crippen molar-refractivity contribution < 1.29 is 19.8 Å². The number of aromatic hydroxyl groups is 1. The summed E-state index contributed by atoms with van der Waals surface area (Å²) in [6, 6.07) is 24.9. The van der Waals surface area contributed by atoms with Gasteiger partial charge in [-0.3, -0.25) is 4.79 Å². The van der Waals surface area contributed by atoms with Crippen LogP contribution >= 0.6 is 11.3 Å². The van der Waals surface area contributed by atoms with Gasteiger partial charge in [-0.1, -0.05) is 72.8 Å². The van der Waals surface area contributed by atoms with Crippen LogP contribution in [-0.2, 0) is 0 Å². The molecule has 0 bridgehead atoms. The number of para-hydroxylation sites is 1. The Kier molecular flexibility index (Phi) is 6.10. The number of rotatable bonds is 6. The lowest BCUT2D eigenvalue weighted by Crippen LogP contribution is -2.17. The van der Waals surface area contributed by atoms with E-state index in [-0.39, 0.29) is 15.5 Å². The molecule has 0 saturated heterocycles. The molecule has 1 heterocycles. The molecule has 0 atom stereocenters. The highest BCUT2D eigenvalue weighted by Crippen LogP contribution is 2.43. The van der Waals surface area contributed by atoms with Crippen LogP contribution in [0.3, 0.4) is 0 Å². The van der Waals surface area contributed by atoms with Crippen molar-refractivity contribution in [2.45, 2.75) is 0 Å². The lowest BCUT2D eigenvalue weighted by molar-refractivity contribution is 0.0702. The third-order valence-electron chi connectivity index (χ3n) is 4.74. The number of phenolic OH excluding ortho intramolecular Hbond substituents is 1. The zero-order valence-electron chi connectivity index (χ0n) is 16.7. The number of hydrogen-bond acceptors (Lipinski definition) is 5. The first kappa shape index (κ1) is 21.0. The number of carbonyl (C=O) groups excluding carboxylic acids is 1. The number of phenols is 1. The molecule has 0 aliphatic heterocycles. The van der Waals surface area contributed by atoms with E-state index in [4.69, 9.17) is 0 Å². The Balaban J connectivity index is 1.80. The van der Waals surface area contributed by atoms with Crippen LogP contribution in [0, 0.1) is 0 Å². The SMILES string of the molecule is O=C(O)c1sc(C(=O)N/N=C\c2ccccc2O)c(-c2ccccc2)c1-c1ccccc1. The van der Waals surface area contributed by atoms with E-state index >= 15 is 0 Å². The minimum atomic E-state index is -1.11. The van der Waals surface area contributed by atoms with E-state index in [0.29, 0.717) is 22.3 Å². The van der Waals surface area contributed by atoms with Gasteiger partial charge in [0.1, 0.15) is 15.5 Å². The minimum Gasteiger partial charge on any atom is -0.507 e. The molecule has 0 aliphatic rings. The maximum Gasteiger partial charge on any atom is 0.346 e. The first-order valence-corrected chi connectivity index (χ1v) is 10.5. The van der Waals surface area contributed by atoms with Crippen molar-refractivity contribution in [3.8, 4) is 28.0 Å². The average molecular weight is 442 g/mol. The van der Waals surface area contributed by atoms with E-state index in [1.54, 1.807) is 18.2 Å². The first-order valence-electron chi connectivity index (χ1n) is 9.68. The fourth-order valence-corrected chi connectivity index (χ4v) is 4.38. The Bertz CT molecular complexity index is 1300. The number of aromatic carboxylic acids is 1. The highest BCUT2D eigenvalue weighted by atomic mass is 32.1. The molecule has 0 aliphatic carbocycles. The molecular formula is C25H18N2O4S. The molecule has 3 N–H and O–H groups in total. The first-order chi connectivity index (χ1) is 15.6. The number of carboxylic acid groups (broad SMARTS) is 1. The van der Waals surface area contributed by atoms with Gasteiger partial charge in [-0.15, -0.1) is 11.3 Å². The van der Waals surface area contributed by atoms with Gasteiger partial charge in [0, 0.05) is 16.7 Å². The average Bonchev–Trinajstić information content (AvgIpc) is 3.23. The fraction of sp³-hybridized carbons (Fsp3) is 0. The van der Waals surface area contributed by atoms with Gasteiger partial charge in [-0.2, -0.15) is 5.10 Å². The molecule has 0 saturated carbocycles. The van der Waals surface area contributed by atoms with Crippen LogP contribution in [0.1, 0.15) is 24.9 Å². The van der Waals surface area contributed by atoms with Crippen LogP contribution in [0.25, 0.3) is 22.3 Å². The number of carboxylic acids is 1. The van der Waals surface area contributed by atoms with Crippen molar-refractivity contribution in [2.24, 2.45) is 5.10 Å². The van der Waals surface area contributed by atoms with Crippen molar-refractivity contribution in [1.29, 1.82) is 0 Å². The lowest BCUT2D eigenvalue weighted by Gasteiger charge is -2.09. The summed E-state index contributed by atoms with van der Waals surface area (Å²) in [6.45, 7) is 0. The van der Waals surface area contributed by atoms with Gasteiger partial charge in [-0.25, -0.2) is 10.2 Å². The normalized spacial score (nSPS) is 10.9. The summed E-state index contributed by atoms with van der Waals surface area (Å²) in [6.07, 6.45) is 1.33. The van der Waals surface area contributed by atoms with Crippen molar-refractivity contribution in [3.05, 3.63) is 100 Å². The number of carbonyl (C=O) groups is 2. The Labute approximate surface area is 188 Å². The number of nitrogens with one attached hydrogen (secondary N) is 1. The van der Waals surface area contributed by atoms with Gasteiger partial charge in [0.25, 0.3) is 5.91 Å². The monoisotopic (exact) mass is 442 g/mol. The zero-order valence-corrected chi connectivity index (χ0v) is 17.5. The summed E-state index contributed by atoms with van der Waals surface area (Å²) < 4.78 is 0. The Morgan fingerprint density at radius 3 is 1.88 bits per heavy atom. The van der Waals surface area contributed by atoms with Crippen molar-refractivity contribution in [1.82, 2.24) is 5.43 Å². The van der Waals surface area contributed by atoms with Crippen LogP contribution in [0.4, 0.5) is 0 Å². The lowest BCUT2D eigenvalue weighted by atomic mass is 9.94. The molecule has 7 heteroatoms. The van der Waals surface area contributed by atoms with Gasteiger partial charge in [0.05, 0.1) is 6.21 Å². The topological polar surface area (TPSA) is 99.0 Å². The molecule has 32 heavy (non-hydrogen) atoms. The quantitative estimate of drug-likeness (QED) is 0.281. The highest BCUT2D eigenvalue weighted by Gasteiger charge is 2.27. The molecule has 158 valence electrons. The third kappa shape index (κ3) is 4.28. The van der Waals surface area contributed by atoms with E-state index in [0.717, 1.165) is 16.9 Å². The molecule has 6 nitrogen and oxygen atoms in total. The van der Waals surface area contributed by atoms with Gasteiger partial charge in [0.2, 0.25) is 0 Å². The zero-order chi connectivity index (χ0) is 22.5. The van der Waals surface area contributed by atoms with E-state index in [1.165, 1.54) is 12.3 Å². The van der Waals surface area contributed by atoms with Gasteiger partial charge >= 0.3 is 5.97 Å². The maximum absolute atomic E-state index is 13.1. The van der Waals surface area contributed by atoms with Crippen LogP contribution in [-0.4, -0.2) is 28.3 Å². The summed E-state index contributed by atoms with van der Waals surface area (Å²) in [5.41, 5.74) is 5.35. The van der Waals surface area contributed by atoms with E-state index in [9.17, 15) is 19.8 Å². The smallest absolute Gasteiger partial charge is 0.346 e. The molecular weight excluding hydrogens is 424 g/mol. The summed E-state index contributed by atoms with van der Waals surface area (Å²) in [4.78, 5) is 25.4. The van der Waals surface area contributed by atoms with E-state index in [1.807, 2.05) is 60.7 Å². The van der Waals surface area contributed by atoms with Gasteiger partial charge in [0.15, 0.2) is 0 Å². The number of benzene rings is 3. The van der Waals surface area contributed by atoms with Crippen LogP contribution < -0.4 is 5.43 Å². The summed E-state index contributed by atoms with van der Waals surface area (Å²) in [5.74, 6) is -1.61. The number of thiophene rings is 1. The predicted octanol–water partition coefficient (Wildman–Crippen LogP) is 5.25. The van der Waals surface area contributed by atoms with Crippen LogP contribution in [0.2, 0.25) is 0 Å². The number of nitrogens with zero attached hydrogens (tertiary/aromatic N) is 1. The second kappa shape index (κ2) is 9.28. The molecule has 0 spiro atoms. The van der Waals surface area contributed by atoms with Crippen molar-refractivity contribution >= 4 is 29.4 Å². The molecule has 3 aromatic carbocycles. The van der Waals surface area contributed by atoms with Crippen LogP contribution in [0.5, 0.6) is 5.75 Å². The fourth-order valence-electron chi connectivity index (χ4n) is 3.31. The van der Waals surface area contributed by atoms with E-state index < -0.39 is 11.9 Å². The number of amides is 1. The Hall–Kier alpha value is -4.23. The van der Waals surface area contributed by atoms with Crippen molar-refractivity contribution in [3.63, 3.8) is 0 Å². The second-order valence-electron chi connectivity index (χ2n) is 6.81. The number of hydrazone groups is 1. The molecule has 4 rings (SSSR count). The molecule has 1 aromatic heterocycles. The maximum atomic E-state index is 13.1. The van der Waals surface area contributed by atoms with E-state index in [2.05, 4.69) is 10.5 Å². The summed E-state index contributed by atoms with van der Waals surface area (Å²) in [7, 11) is 0. The Morgan fingerprint density at radius 2 is 1.31 bits per heavy atom. The molecule has 0 radical (unpaired) electrons. The molecule has 1 amide bonds. The van der Waals surface area contributed by atoms with Gasteiger partial charge < -0.3 is 10.2 Å². The highest BCUT2D eigenvalue weighted by molar-refractivity contribution is 7.17. The molecule has 4 aromatic rings. The van der Waals surface area contributed by atoms with Crippen LogP contribution in [0.15, 0.2) is 90.0 Å².